The molecule has 0 aliphatic rings. The Bertz CT molecular complexity index is 1720. The van der Waals surface area contributed by atoms with Crippen LogP contribution in [-0.2, 0) is 32.7 Å². The lowest BCUT2D eigenvalue weighted by Gasteiger charge is -2.24. The summed E-state index contributed by atoms with van der Waals surface area (Å²) in [5.74, 6) is -0.826. The van der Waals surface area contributed by atoms with Crippen LogP contribution in [0.25, 0.3) is 0 Å². The van der Waals surface area contributed by atoms with Gasteiger partial charge in [-0.15, -0.1) is 0 Å². The number of ether oxygens (including phenoxy) is 2. The zero-order chi connectivity index (χ0) is 58.4. The van der Waals surface area contributed by atoms with E-state index >= 15 is 0 Å². The van der Waals surface area contributed by atoms with Crippen molar-refractivity contribution in [3.05, 3.63) is 109 Å². The smallest absolute Gasteiger partial charge is 0.462 e. The van der Waals surface area contributed by atoms with Crippen molar-refractivity contribution in [2.45, 2.75) is 277 Å². The van der Waals surface area contributed by atoms with Crippen molar-refractivity contribution in [3.63, 3.8) is 0 Å². The number of likely N-dealkylation sites (N-methyl/N-ethyl adjacent to an activating group) is 1. The predicted molar refractivity (Wildman–Crippen MR) is 344 cm³/mol. The van der Waals surface area contributed by atoms with Crippen LogP contribution in [0.15, 0.2) is 109 Å². The van der Waals surface area contributed by atoms with E-state index in [1.807, 2.05) is 21.1 Å². The summed E-state index contributed by atoms with van der Waals surface area (Å²) < 4.78 is 34.6. The van der Waals surface area contributed by atoms with Crippen molar-refractivity contribution in [2.24, 2.45) is 0 Å². The van der Waals surface area contributed by atoms with Gasteiger partial charge in [0.05, 0.1) is 27.7 Å². The molecule has 0 saturated carbocycles. The molecule has 0 aliphatic carbocycles. The lowest BCUT2D eigenvalue weighted by Crippen LogP contribution is -2.37. The number of esters is 2. The summed E-state index contributed by atoms with van der Waals surface area (Å²) in [6.07, 6.45) is 84.7. The molecule has 0 aromatic carbocycles. The molecule has 0 heterocycles. The SMILES string of the molecule is CC/C=C\C/C=C\C/C=C\C/C=C\C/C=C\C/C=C\CCCCCCC(=O)OC(COC(=O)CCCCCCCCCCCCCCCCCCCC/C=C\C/C=C\C/C=C\CCCCCCC)COP(=O)(O)OCC[N+](C)(C)C. The summed E-state index contributed by atoms with van der Waals surface area (Å²) in [7, 11) is 1.45. The van der Waals surface area contributed by atoms with E-state index in [4.69, 9.17) is 18.5 Å². The summed E-state index contributed by atoms with van der Waals surface area (Å²) in [5.41, 5.74) is 0. The van der Waals surface area contributed by atoms with E-state index in [1.54, 1.807) is 0 Å². The fourth-order valence-electron chi connectivity index (χ4n) is 8.79. The zero-order valence-corrected chi connectivity index (χ0v) is 53.2. The maximum Gasteiger partial charge on any atom is 0.472 e. The third-order valence-electron chi connectivity index (χ3n) is 13.8. The number of phosphoric acid groups is 1. The number of allylic oxidation sites excluding steroid dienone is 18. The highest BCUT2D eigenvalue weighted by atomic mass is 31.2. The van der Waals surface area contributed by atoms with E-state index in [0.717, 1.165) is 96.3 Å². The molecular weight excluding hydrogens is 1010 g/mol. The van der Waals surface area contributed by atoms with Crippen LogP contribution in [-0.4, -0.2) is 74.9 Å². The fourth-order valence-corrected chi connectivity index (χ4v) is 9.53. The number of carbonyl (C=O) groups is 2. The van der Waals surface area contributed by atoms with Crippen LogP contribution >= 0.6 is 7.82 Å². The highest BCUT2D eigenvalue weighted by Crippen LogP contribution is 2.43. The minimum Gasteiger partial charge on any atom is -0.462 e. The monoisotopic (exact) mass is 1140 g/mol. The normalized spacial score (nSPS) is 13.9. The van der Waals surface area contributed by atoms with Crippen molar-refractivity contribution in [1.82, 2.24) is 0 Å². The zero-order valence-electron chi connectivity index (χ0n) is 52.3. The Morgan fingerprint density at radius 3 is 1.06 bits per heavy atom. The van der Waals surface area contributed by atoms with Crippen molar-refractivity contribution < 1.29 is 42.1 Å². The first-order valence-corrected chi connectivity index (χ1v) is 34.1. The molecule has 0 aromatic heterocycles. The Hall–Kier alpha value is -3.33. The average molecular weight is 1140 g/mol. The second-order valence-electron chi connectivity index (χ2n) is 22.8. The van der Waals surface area contributed by atoms with Gasteiger partial charge in [0.1, 0.15) is 19.8 Å². The maximum atomic E-state index is 12.8. The van der Waals surface area contributed by atoms with E-state index < -0.39 is 26.5 Å². The number of hydrogen-bond donors (Lipinski definition) is 1. The van der Waals surface area contributed by atoms with Crippen LogP contribution in [0.5, 0.6) is 0 Å². The summed E-state index contributed by atoms with van der Waals surface area (Å²) in [6, 6.07) is 0. The van der Waals surface area contributed by atoms with Gasteiger partial charge in [-0.1, -0.05) is 264 Å². The minimum absolute atomic E-state index is 0.0216. The summed E-state index contributed by atoms with van der Waals surface area (Å²) in [5, 5.41) is 0. The molecule has 80 heavy (non-hydrogen) atoms. The van der Waals surface area contributed by atoms with Crippen LogP contribution in [0.4, 0.5) is 0 Å². The highest BCUT2D eigenvalue weighted by Gasteiger charge is 2.27. The first kappa shape index (κ1) is 76.7. The van der Waals surface area contributed by atoms with E-state index in [9.17, 15) is 19.0 Å². The number of unbranched alkanes of at least 4 members (excludes halogenated alkanes) is 27. The number of quaternary nitrogens is 1. The standard InChI is InChI=1S/C70H122NO8P/c1-6-8-10-12-14-16-18-20-22-24-26-28-30-31-32-33-34-35-36-37-38-39-41-42-44-46-48-50-52-54-56-58-60-62-69(72)76-66-68(67-78-80(74,75)77-65-64-71(3,4)5)79-70(73)63-61-59-57-55-53-51-49-47-45-43-40-29-27-25-23-21-19-17-15-13-11-9-7-2/h9,11,15,17-18,20-21,23-24,26-27,29-31,43,45,49,51,68H,6-8,10,12-14,16,19,22,25,28,32-42,44,46-48,50,52-67H2,1-5H3/p+1/b11-9-,17-15-,20-18-,23-21-,26-24-,29-27-,31-30-,45-43-,51-49-. The van der Waals surface area contributed by atoms with Crippen LogP contribution < -0.4 is 0 Å². The summed E-state index contributed by atoms with van der Waals surface area (Å²) in [4.78, 5) is 35.8. The largest absolute Gasteiger partial charge is 0.472 e. The second kappa shape index (κ2) is 60.3. The Balaban J connectivity index is 4.10. The maximum absolute atomic E-state index is 12.8. The van der Waals surface area contributed by atoms with Gasteiger partial charge in [-0.05, 0) is 103 Å². The first-order valence-electron chi connectivity index (χ1n) is 32.6. The third-order valence-corrected chi connectivity index (χ3v) is 14.8. The van der Waals surface area contributed by atoms with Gasteiger partial charge < -0.3 is 18.9 Å². The quantitative estimate of drug-likeness (QED) is 0.0211. The molecule has 0 saturated heterocycles. The lowest BCUT2D eigenvalue weighted by molar-refractivity contribution is -0.870. The molecule has 2 atom stereocenters. The van der Waals surface area contributed by atoms with Gasteiger partial charge in [0.2, 0.25) is 0 Å². The van der Waals surface area contributed by atoms with Gasteiger partial charge in [0.25, 0.3) is 0 Å². The van der Waals surface area contributed by atoms with Gasteiger partial charge >= 0.3 is 19.8 Å². The van der Waals surface area contributed by atoms with Crippen LogP contribution in [0.2, 0.25) is 0 Å². The second-order valence-corrected chi connectivity index (χ2v) is 24.2. The number of carbonyl (C=O) groups excluding carboxylic acids is 2. The molecule has 1 N–H and O–H groups in total. The van der Waals surface area contributed by atoms with E-state index in [-0.39, 0.29) is 32.0 Å². The Morgan fingerprint density at radius 2 is 0.713 bits per heavy atom. The number of phosphoric ester groups is 1. The van der Waals surface area contributed by atoms with Crippen LogP contribution in [0.1, 0.15) is 271 Å². The van der Waals surface area contributed by atoms with Crippen molar-refractivity contribution in [3.8, 4) is 0 Å². The Morgan fingerprint density at radius 1 is 0.400 bits per heavy atom. The fraction of sp³-hybridized carbons (Fsp3) is 0.714. The molecule has 0 radical (unpaired) electrons. The van der Waals surface area contributed by atoms with Gasteiger partial charge in [0.15, 0.2) is 6.10 Å². The third kappa shape index (κ3) is 63.8. The molecule has 0 amide bonds. The molecule has 0 aromatic rings. The average Bonchev–Trinajstić information content (AvgIpc) is 3.42. The molecule has 0 bridgehead atoms. The molecule has 2 unspecified atom stereocenters. The summed E-state index contributed by atoms with van der Waals surface area (Å²) in [6.45, 7) is 4.29. The van der Waals surface area contributed by atoms with Gasteiger partial charge in [-0.25, -0.2) is 4.57 Å². The molecule has 0 aliphatic heterocycles. The van der Waals surface area contributed by atoms with Crippen molar-refractivity contribution in [2.75, 3.05) is 47.5 Å². The highest BCUT2D eigenvalue weighted by molar-refractivity contribution is 7.47. The molecule has 0 spiro atoms. The minimum atomic E-state index is -4.40. The topological polar surface area (TPSA) is 108 Å². The van der Waals surface area contributed by atoms with Gasteiger partial charge in [0, 0.05) is 12.8 Å². The molecule has 0 rings (SSSR count). The Labute approximate surface area is 493 Å². The van der Waals surface area contributed by atoms with Crippen LogP contribution in [0, 0.1) is 0 Å². The van der Waals surface area contributed by atoms with Crippen molar-refractivity contribution in [1.29, 1.82) is 0 Å². The van der Waals surface area contributed by atoms with E-state index in [2.05, 4.69) is 123 Å². The Kier molecular flexibility index (Phi) is 57.8. The molecule has 460 valence electrons. The summed E-state index contributed by atoms with van der Waals surface area (Å²) >= 11 is 0. The van der Waals surface area contributed by atoms with E-state index in [0.29, 0.717) is 17.4 Å². The first-order chi connectivity index (χ1) is 39.0. The van der Waals surface area contributed by atoms with Crippen molar-refractivity contribution >= 4 is 19.8 Å². The van der Waals surface area contributed by atoms with Gasteiger partial charge in [-0.2, -0.15) is 0 Å². The number of hydrogen-bond acceptors (Lipinski definition) is 7. The van der Waals surface area contributed by atoms with Crippen LogP contribution in [0.3, 0.4) is 0 Å². The van der Waals surface area contributed by atoms with E-state index in [1.165, 1.54) is 141 Å². The lowest BCUT2D eigenvalue weighted by atomic mass is 10.0. The number of nitrogens with zero attached hydrogens (tertiary/aromatic N) is 1. The molecular formula is C70H123NO8P+. The molecule has 0 fully saturated rings. The molecule has 9 nitrogen and oxygen atoms in total. The molecule has 10 heteroatoms. The predicted octanol–water partition coefficient (Wildman–Crippen LogP) is 20.9. The number of rotatable bonds is 59. The van der Waals surface area contributed by atoms with Gasteiger partial charge in [-0.3, -0.25) is 18.6 Å².